The van der Waals surface area contributed by atoms with E-state index in [0.717, 1.165) is 38.5 Å². The van der Waals surface area contributed by atoms with Crippen molar-refractivity contribution in [2.75, 3.05) is 53.5 Å². The molecule has 2 atom stereocenters. The summed E-state index contributed by atoms with van der Waals surface area (Å²) in [6.07, 6.45) is 2.34. The molecule has 10 heteroatoms. The fraction of sp³-hybridized carbons (Fsp3) is 0.706. The summed E-state index contributed by atoms with van der Waals surface area (Å²) in [5.41, 5.74) is 0. The molecule has 2 unspecified atom stereocenters. The first kappa shape index (κ1) is 20.5. The molecule has 1 aromatic rings. The van der Waals surface area contributed by atoms with Crippen LogP contribution in [0.5, 0.6) is 0 Å². The molecule has 3 rings (SSSR count). The van der Waals surface area contributed by atoms with E-state index >= 15 is 0 Å². The third kappa shape index (κ3) is 5.00. The molecule has 8 nitrogen and oxygen atoms in total. The van der Waals surface area contributed by atoms with Crippen molar-refractivity contribution in [2.24, 2.45) is 4.99 Å². The van der Waals surface area contributed by atoms with Gasteiger partial charge in [-0.25, -0.2) is 8.42 Å². The largest absolute Gasteiger partial charge is 0.375 e. The number of nitrogens with zero attached hydrogens (tertiary/aromatic N) is 3. The van der Waals surface area contributed by atoms with Gasteiger partial charge < -0.3 is 19.7 Å². The number of guanidine groups is 1. The number of ether oxygens (including phenoxy) is 2. The number of morpholine rings is 1. The smallest absolute Gasteiger partial charge is 0.252 e. The van der Waals surface area contributed by atoms with Crippen LogP contribution in [0.15, 0.2) is 26.7 Å². The standard InChI is InChI=1S/C17H28N4O4S2/c1-18-17(21-9-11-25-15(13-21)14-5-3-10-24-14)19-7-8-20(2)27(22,23)16-6-4-12-26-16/h4,6,12,14-15H,3,5,7-11,13H2,1-2H3,(H,18,19). The predicted octanol–water partition coefficient (Wildman–Crippen LogP) is 0.824. The maximum absolute atomic E-state index is 12.5. The van der Waals surface area contributed by atoms with E-state index in [2.05, 4.69) is 15.2 Å². The first-order valence-electron chi connectivity index (χ1n) is 9.21. The molecule has 2 aliphatic heterocycles. The highest BCUT2D eigenvalue weighted by atomic mass is 32.2. The lowest BCUT2D eigenvalue weighted by molar-refractivity contribution is -0.0816. The number of nitrogens with one attached hydrogen (secondary N) is 1. The lowest BCUT2D eigenvalue weighted by atomic mass is 10.1. The van der Waals surface area contributed by atoms with Crippen molar-refractivity contribution in [2.45, 2.75) is 29.3 Å². The summed E-state index contributed by atoms with van der Waals surface area (Å²) in [6.45, 7) is 3.77. The zero-order valence-electron chi connectivity index (χ0n) is 15.8. The zero-order chi connectivity index (χ0) is 19.3. The van der Waals surface area contributed by atoms with Crippen LogP contribution < -0.4 is 5.32 Å². The van der Waals surface area contributed by atoms with Gasteiger partial charge in [-0.2, -0.15) is 4.31 Å². The Balaban J connectivity index is 1.50. The summed E-state index contributed by atoms with van der Waals surface area (Å²) >= 11 is 1.23. The van der Waals surface area contributed by atoms with Crippen LogP contribution in [0.3, 0.4) is 0 Å². The number of rotatable bonds is 6. The molecule has 2 aliphatic rings. The van der Waals surface area contributed by atoms with Crippen LogP contribution in [0.4, 0.5) is 0 Å². The fourth-order valence-corrected chi connectivity index (χ4v) is 5.70. The van der Waals surface area contributed by atoms with Gasteiger partial charge in [0.2, 0.25) is 0 Å². The van der Waals surface area contributed by atoms with E-state index in [9.17, 15) is 8.42 Å². The monoisotopic (exact) mass is 416 g/mol. The Labute approximate surface area is 165 Å². The second-order valence-electron chi connectivity index (χ2n) is 6.64. The van der Waals surface area contributed by atoms with Crippen LogP contribution in [-0.4, -0.2) is 89.3 Å². The summed E-state index contributed by atoms with van der Waals surface area (Å²) in [7, 11) is -0.0832. The van der Waals surface area contributed by atoms with Crippen molar-refractivity contribution in [1.29, 1.82) is 0 Å². The molecule has 27 heavy (non-hydrogen) atoms. The summed E-state index contributed by atoms with van der Waals surface area (Å²) in [6, 6.07) is 3.37. The maximum Gasteiger partial charge on any atom is 0.252 e. The Bertz CT molecular complexity index is 717. The maximum atomic E-state index is 12.5. The highest BCUT2D eigenvalue weighted by molar-refractivity contribution is 7.91. The number of aliphatic imine (C=N–C) groups is 1. The minimum Gasteiger partial charge on any atom is -0.375 e. The van der Waals surface area contributed by atoms with E-state index in [0.29, 0.717) is 23.9 Å². The van der Waals surface area contributed by atoms with Gasteiger partial charge in [-0.15, -0.1) is 11.3 Å². The molecule has 0 aromatic carbocycles. The van der Waals surface area contributed by atoms with Crippen LogP contribution in [0.1, 0.15) is 12.8 Å². The first-order chi connectivity index (χ1) is 13.0. The minimum absolute atomic E-state index is 0.0571. The molecule has 0 aliphatic carbocycles. The van der Waals surface area contributed by atoms with Gasteiger partial charge in [-0.05, 0) is 24.3 Å². The van der Waals surface area contributed by atoms with Gasteiger partial charge in [0.15, 0.2) is 5.96 Å². The molecule has 0 amide bonds. The van der Waals surface area contributed by atoms with Crippen LogP contribution >= 0.6 is 11.3 Å². The summed E-state index contributed by atoms with van der Waals surface area (Å²) < 4.78 is 38.3. The summed E-state index contributed by atoms with van der Waals surface area (Å²) in [5, 5.41) is 5.04. The zero-order valence-corrected chi connectivity index (χ0v) is 17.5. The van der Waals surface area contributed by atoms with E-state index in [1.807, 2.05) is 0 Å². The molecule has 0 radical (unpaired) electrons. The van der Waals surface area contributed by atoms with Gasteiger partial charge >= 0.3 is 0 Å². The number of hydrogen-bond donors (Lipinski definition) is 1. The predicted molar refractivity (Wildman–Crippen MR) is 106 cm³/mol. The van der Waals surface area contributed by atoms with E-state index in [4.69, 9.17) is 9.47 Å². The molecule has 152 valence electrons. The molecule has 2 fully saturated rings. The van der Waals surface area contributed by atoms with Crippen LogP contribution in [0, 0.1) is 0 Å². The number of thiophene rings is 1. The van der Waals surface area contributed by atoms with E-state index < -0.39 is 10.0 Å². The minimum atomic E-state index is -3.42. The van der Waals surface area contributed by atoms with Crippen LogP contribution in [0.2, 0.25) is 0 Å². The number of hydrogen-bond acceptors (Lipinski definition) is 6. The summed E-state index contributed by atoms with van der Waals surface area (Å²) in [4.78, 5) is 6.51. The Morgan fingerprint density at radius 2 is 2.22 bits per heavy atom. The van der Waals surface area contributed by atoms with Gasteiger partial charge in [0.1, 0.15) is 10.3 Å². The average Bonchev–Trinajstić information content (AvgIpc) is 3.39. The molecular formula is C17H28N4O4S2. The number of likely N-dealkylation sites (N-methyl/N-ethyl adjacent to an activating group) is 1. The van der Waals surface area contributed by atoms with E-state index in [1.54, 1.807) is 31.6 Å². The molecule has 3 heterocycles. The first-order valence-corrected chi connectivity index (χ1v) is 11.5. The lowest BCUT2D eigenvalue weighted by Gasteiger charge is -2.37. The van der Waals surface area contributed by atoms with Gasteiger partial charge in [-0.3, -0.25) is 4.99 Å². The fourth-order valence-electron chi connectivity index (χ4n) is 3.33. The third-order valence-corrected chi connectivity index (χ3v) is 8.08. The Kier molecular flexibility index (Phi) is 7.10. The van der Waals surface area contributed by atoms with Crippen LogP contribution in [0.25, 0.3) is 0 Å². The van der Waals surface area contributed by atoms with Crippen molar-refractivity contribution in [1.82, 2.24) is 14.5 Å². The topological polar surface area (TPSA) is 83.5 Å². The summed E-state index contributed by atoms with van der Waals surface area (Å²) in [5.74, 6) is 0.767. The van der Waals surface area contributed by atoms with Crippen molar-refractivity contribution >= 4 is 27.3 Å². The quantitative estimate of drug-likeness (QED) is 0.546. The highest BCUT2D eigenvalue weighted by Crippen LogP contribution is 2.21. The SMILES string of the molecule is CN=C(NCCN(C)S(=O)(=O)c1cccs1)N1CCOC(C2CCCO2)C1. The number of sulfonamides is 1. The van der Waals surface area contributed by atoms with Crippen molar-refractivity contribution in [3.63, 3.8) is 0 Å². The molecular weight excluding hydrogens is 388 g/mol. The Hall–Kier alpha value is -1.20. The second kappa shape index (κ2) is 9.33. The van der Waals surface area contributed by atoms with E-state index in [1.165, 1.54) is 15.6 Å². The van der Waals surface area contributed by atoms with Gasteiger partial charge in [0, 0.05) is 46.9 Å². The molecule has 0 bridgehead atoms. The second-order valence-corrected chi connectivity index (χ2v) is 9.86. The molecule has 0 spiro atoms. The molecule has 1 N–H and O–H groups in total. The highest BCUT2D eigenvalue weighted by Gasteiger charge is 2.32. The average molecular weight is 417 g/mol. The molecule has 0 saturated carbocycles. The van der Waals surface area contributed by atoms with Gasteiger partial charge in [0.05, 0.1) is 12.7 Å². The Morgan fingerprint density at radius 3 is 2.89 bits per heavy atom. The lowest BCUT2D eigenvalue weighted by Crippen LogP contribution is -2.54. The molecule has 2 saturated heterocycles. The van der Waals surface area contributed by atoms with Crippen molar-refractivity contribution in [3.8, 4) is 0 Å². The van der Waals surface area contributed by atoms with Crippen molar-refractivity contribution in [3.05, 3.63) is 17.5 Å². The van der Waals surface area contributed by atoms with Crippen molar-refractivity contribution < 1.29 is 17.9 Å². The normalized spacial score (nSPS) is 24.6. The van der Waals surface area contributed by atoms with E-state index in [-0.39, 0.29) is 12.2 Å². The molecule has 1 aromatic heterocycles. The third-order valence-electron chi connectivity index (χ3n) is 4.85. The van der Waals surface area contributed by atoms with Crippen LogP contribution in [-0.2, 0) is 19.5 Å². The van der Waals surface area contributed by atoms with Gasteiger partial charge in [0.25, 0.3) is 10.0 Å². The Morgan fingerprint density at radius 1 is 1.41 bits per heavy atom. The van der Waals surface area contributed by atoms with Gasteiger partial charge in [-0.1, -0.05) is 6.07 Å².